The maximum Gasteiger partial charge on any atom is 0.329 e. The van der Waals surface area contributed by atoms with Gasteiger partial charge in [0.05, 0.1) is 13.3 Å². The number of aryl methyl sites for hydroxylation is 1. The van der Waals surface area contributed by atoms with Crippen molar-refractivity contribution in [2.75, 3.05) is 12.4 Å². The smallest absolute Gasteiger partial charge is 0.329 e. The fraction of sp³-hybridized carbons (Fsp3) is 0.136. The monoisotopic (exact) mass is 468 g/mol. The van der Waals surface area contributed by atoms with Crippen LogP contribution in [0.4, 0.5) is 5.69 Å². The van der Waals surface area contributed by atoms with Gasteiger partial charge in [-0.15, -0.1) is 0 Å². The summed E-state index contributed by atoms with van der Waals surface area (Å²) in [7, 11) is 1.52. The van der Waals surface area contributed by atoms with Gasteiger partial charge in [-0.2, -0.15) is 5.10 Å². The van der Waals surface area contributed by atoms with Crippen molar-refractivity contribution in [1.82, 2.24) is 9.99 Å². The first-order valence-electron chi connectivity index (χ1n) is 9.12. The number of hydrogen-bond donors (Lipinski definition) is 2. The van der Waals surface area contributed by atoms with Gasteiger partial charge >= 0.3 is 11.8 Å². The molecule has 1 heterocycles. The van der Waals surface area contributed by atoms with Crippen LogP contribution in [-0.2, 0) is 9.59 Å². The topological polar surface area (TPSA) is 84.7 Å². The van der Waals surface area contributed by atoms with E-state index in [1.807, 2.05) is 44.2 Å². The highest BCUT2D eigenvalue weighted by Gasteiger charge is 2.14. The molecule has 0 aliphatic heterocycles. The van der Waals surface area contributed by atoms with E-state index in [0.717, 1.165) is 27.1 Å². The molecule has 30 heavy (non-hydrogen) atoms. The normalized spacial score (nSPS) is 10.8. The minimum Gasteiger partial charge on any atom is -0.497 e. The molecule has 2 amide bonds. The number of rotatable bonds is 5. The number of ether oxygens (including phenoxy) is 1. The standard InChI is InChI=1S/C22H21BrN4O3/c1-14-10-16(15(2)27(14)19-8-4-6-17(23)11-19)13-24-26-22(29)21(28)25-18-7-5-9-20(12-18)30-3/h4-13H,1-3H3,(H,25,28)(H,26,29)/b24-13-. The molecule has 154 valence electrons. The van der Waals surface area contributed by atoms with Crippen LogP contribution in [0, 0.1) is 13.8 Å². The van der Waals surface area contributed by atoms with E-state index in [-0.39, 0.29) is 0 Å². The lowest BCUT2D eigenvalue weighted by atomic mass is 10.2. The van der Waals surface area contributed by atoms with Gasteiger partial charge in [0.2, 0.25) is 0 Å². The van der Waals surface area contributed by atoms with Crippen LogP contribution in [0.3, 0.4) is 0 Å². The number of nitrogens with zero attached hydrogens (tertiary/aromatic N) is 2. The molecule has 0 saturated carbocycles. The van der Waals surface area contributed by atoms with Gasteiger partial charge in [0.25, 0.3) is 0 Å². The van der Waals surface area contributed by atoms with Gasteiger partial charge in [-0.05, 0) is 50.2 Å². The summed E-state index contributed by atoms with van der Waals surface area (Å²) < 4.78 is 8.16. The van der Waals surface area contributed by atoms with E-state index in [4.69, 9.17) is 4.74 Å². The van der Waals surface area contributed by atoms with Crippen LogP contribution in [0.1, 0.15) is 17.0 Å². The summed E-state index contributed by atoms with van der Waals surface area (Å²) >= 11 is 3.49. The lowest BCUT2D eigenvalue weighted by molar-refractivity contribution is -0.136. The number of aromatic nitrogens is 1. The fourth-order valence-electron chi connectivity index (χ4n) is 3.03. The van der Waals surface area contributed by atoms with Crippen molar-refractivity contribution in [3.05, 3.63) is 76.0 Å². The Morgan fingerprint density at radius 2 is 1.83 bits per heavy atom. The summed E-state index contributed by atoms with van der Waals surface area (Å²) in [4.78, 5) is 24.1. The number of carbonyl (C=O) groups excluding carboxylic acids is 2. The van der Waals surface area contributed by atoms with Crippen LogP contribution in [0.5, 0.6) is 5.75 Å². The third-order valence-corrected chi connectivity index (χ3v) is 4.93. The molecule has 0 saturated heterocycles. The maximum absolute atomic E-state index is 12.1. The third-order valence-electron chi connectivity index (χ3n) is 4.44. The molecule has 0 atom stereocenters. The second-order valence-corrected chi connectivity index (χ2v) is 7.44. The molecule has 2 N–H and O–H groups in total. The summed E-state index contributed by atoms with van der Waals surface area (Å²) in [5, 5.41) is 6.43. The Labute approximate surface area is 182 Å². The predicted molar refractivity (Wildman–Crippen MR) is 120 cm³/mol. The van der Waals surface area contributed by atoms with E-state index in [9.17, 15) is 9.59 Å². The average molecular weight is 469 g/mol. The first-order valence-corrected chi connectivity index (χ1v) is 9.91. The molecule has 0 aliphatic rings. The number of carbonyl (C=O) groups is 2. The molecule has 0 spiro atoms. The average Bonchev–Trinajstić information content (AvgIpc) is 3.01. The Morgan fingerprint density at radius 1 is 1.07 bits per heavy atom. The fourth-order valence-corrected chi connectivity index (χ4v) is 3.42. The van der Waals surface area contributed by atoms with Gasteiger partial charge in [-0.25, -0.2) is 5.43 Å². The first kappa shape index (κ1) is 21.3. The largest absolute Gasteiger partial charge is 0.497 e. The highest BCUT2D eigenvalue weighted by Crippen LogP contribution is 2.22. The zero-order valence-electron chi connectivity index (χ0n) is 16.8. The van der Waals surface area contributed by atoms with Crippen LogP contribution in [0.2, 0.25) is 0 Å². The molecule has 2 aromatic carbocycles. The lowest BCUT2D eigenvalue weighted by Crippen LogP contribution is -2.32. The second kappa shape index (κ2) is 9.41. The van der Waals surface area contributed by atoms with E-state index >= 15 is 0 Å². The molecule has 7 nitrogen and oxygen atoms in total. The van der Waals surface area contributed by atoms with Crippen LogP contribution in [-0.4, -0.2) is 29.7 Å². The quantitative estimate of drug-likeness (QED) is 0.337. The molecule has 3 aromatic rings. The van der Waals surface area contributed by atoms with Gasteiger partial charge in [0, 0.05) is 38.9 Å². The number of halogens is 1. The van der Waals surface area contributed by atoms with Crippen molar-refractivity contribution in [1.29, 1.82) is 0 Å². The molecule has 3 rings (SSSR count). The zero-order valence-corrected chi connectivity index (χ0v) is 18.4. The molecular formula is C22H21BrN4O3. The van der Waals surface area contributed by atoms with Crippen LogP contribution in [0.15, 0.2) is 64.2 Å². The molecule has 0 aliphatic carbocycles. The zero-order chi connectivity index (χ0) is 21.7. The van der Waals surface area contributed by atoms with Gasteiger partial charge in [0.15, 0.2) is 0 Å². The Balaban J connectivity index is 1.67. The summed E-state index contributed by atoms with van der Waals surface area (Å²) in [5.74, 6) is -1.11. The van der Waals surface area contributed by atoms with Gasteiger partial charge in [0.1, 0.15) is 5.75 Å². The maximum atomic E-state index is 12.1. The summed E-state index contributed by atoms with van der Waals surface area (Å²) in [6.07, 6.45) is 1.52. The van der Waals surface area contributed by atoms with Crippen molar-refractivity contribution in [2.24, 2.45) is 5.10 Å². The molecule has 0 bridgehead atoms. The Hall–Kier alpha value is -3.39. The first-order chi connectivity index (χ1) is 14.4. The van der Waals surface area contributed by atoms with Crippen molar-refractivity contribution in [3.8, 4) is 11.4 Å². The van der Waals surface area contributed by atoms with E-state index in [1.165, 1.54) is 13.3 Å². The van der Waals surface area contributed by atoms with E-state index in [0.29, 0.717) is 11.4 Å². The summed E-state index contributed by atoms with van der Waals surface area (Å²) in [6.45, 7) is 3.96. The minimum atomic E-state index is -0.866. The Bertz CT molecular complexity index is 1120. The number of benzene rings is 2. The number of hydrazone groups is 1. The van der Waals surface area contributed by atoms with Crippen molar-refractivity contribution >= 4 is 39.6 Å². The van der Waals surface area contributed by atoms with Gasteiger partial charge < -0.3 is 14.6 Å². The number of nitrogens with one attached hydrogen (secondary N) is 2. The predicted octanol–water partition coefficient (Wildman–Crippen LogP) is 3.95. The number of methoxy groups -OCH3 is 1. The van der Waals surface area contributed by atoms with Gasteiger partial charge in [-0.1, -0.05) is 28.1 Å². The van der Waals surface area contributed by atoms with Crippen molar-refractivity contribution in [2.45, 2.75) is 13.8 Å². The van der Waals surface area contributed by atoms with Crippen molar-refractivity contribution < 1.29 is 14.3 Å². The third kappa shape index (κ3) is 4.96. The molecule has 0 radical (unpaired) electrons. The Kier molecular flexibility index (Phi) is 6.68. The van der Waals surface area contributed by atoms with Crippen LogP contribution >= 0.6 is 15.9 Å². The Morgan fingerprint density at radius 3 is 2.57 bits per heavy atom. The molecular weight excluding hydrogens is 448 g/mol. The molecule has 0 unspecified atom stereocenters. The summed E-state index contributed by atoms with van der Waals surface area (Å²) in [5.41, 5.74) is 6.54. The number of anilines is 1. The second-order valence-electron chi connectivity index (χ2n) is 6.53. The van der Waals surface area contributed by atoms with Crippen molar-refractivity contribution in [3.63, 3.8) is 0 Å². The molecule has 8 heteroatoms. The summed E-state index contributed by atoms with van der Waals surface area (Å²) in [6, 6.07) is 16.7. The van der Waals surface area contributed by atoms with Gasteiger partial charge in [-0.3, -0.25) is 9.59 Å². The lowest BCUT2D eigenvalue weighted by Gasteiger charge is -2.09. The number of hydrogen-bond acceptors (Lipinski definition) is 4. The molecule has 1 aromatic heterocycles. The minimum absolute atomic E-state index is 0.455. The van der Waals surface area contributed by atoms with E-state index in [2.05, 4.69) is 36.3 Å². The van der Waals surface area contributed by atoms with E-state index in [1.54, 1.807) is 24.3 Å². The highest BCUT2D eigenvalue weighted by molar-refractivity contribution is 9.10. The SMILES string of the molecule is COc1cccc(NC(=O)C(=O)N/N=C\c2cc(C)n(-c3cccc(Br)c3)c2C)c1. The highest BCUT2D eigenvalue weighted by atomic mass is 79.9. The van der Waals surface area contributed by atoms with Crippen LogP contribution in [0.25, 0.3) is 5.69 Å². The molecule has 0 fully saturated rings. The number of amides is 2. The van der Waals surface area contributed by atoms with Crippen LogP contribution < -0.4 is 15.5 Å². The van der Waals surface area contributed by atoms with E-state index < -0.39 is 11.8 Å².